The molecule has 16 heavy (non-hydrogen) atoms. The van der Waals surface area contributed by atoms with Crippen molar-refractivity contribution in [1.82, 2.24) is 4.98 Å². The maximum absolute atomic E-state index is 10.9. The molecule has 0 aliphatic heterocycles. The molecule has 2 rings (SSSR count). The molecular formula is C12H15NO3. The minimum absolute atomic E-state index is 0.000460. The van der Waals surface area contributed by atoms with Crippen molar-refractivity contribution in [1.29, 1.82) is 0 Å². The predicted octanol–water partition coefficient (Wildman–Crippen LogP) is 2.35. The summed E-state index contributed by atoms with van der Waals surface area (Å²) in [7, 11) is 0. The molecule has 4 heteroatoms. The first-order chi connectivity index (χ1) is 7.77. The van der Waals surface area contributed by atoms with Crippen LogP contribution in [0.2, 0.25) is 0 Å². The van der Waals surface area contributed by atoms with Crippen molar-refractivity contribution in [2.24, 2.45) is 5.92 Å². The van der Waals surface area contributed by atoms with Gasteiger partial charge >= 0.3 is 5.97 Å². The van der Waals surface area contributed by atoms with E-state index in [1.165, 1.54) is 31.9 Å². The SMILES string of the molecule is O=C(O)c1ncccc1OCC1CCCC1. The summed E-state index contributed by atoms with van der Waals surface area (Å²) in [5, 5.41) is 8.92. The maximum Gasteiger partial charge on any atom is 0.358 e. The van der Waals surface area contributed by atoms with E-state index in [-0.39, 0.29) is 5.69 Å². The van der Waals surface area contributed by atoms with Crippen molar-refractivity contribution >= 4 is 5.97 Å². The molecule has 1 aromatic rings. The van der Waals surface area contributed by atoms with Crippen molar-refractivity contribution in [2.75, 3.05) is 6.61 Å². The van der Waals surface area contributed by atoms with Gasteiger partial charge in [0.25, 0.3) is 0 Å². The van der Waals surface area contributed by atoms with Crippen LogP contribution >= 0.6 is 0 Å². The molecule has 0 radical (unpaired) electrons. The first-order valence-electron chi connectivity index (χ1n) is 5.58. The van der Waals surface area contributed by atoms with Crippen LogP contribution in [0.25, 0.3) is 0 Å². The average molecular weight is 221 g/mol. The number of aromatic nitrogens is 1. The van der Waals surface area contributed by atoms with E-state index in [9.17, 15) is 4.79 Å². The van der Waals surface area contributed by atoms with Gasteiger partial charge in [-0.05, 0) is 30.9 Å². The molecule has 1 fully saturated rings. The maximum atomic E-state index is 10.9. The normalized spacial score (nSPS) is 16.2. The van der Waals surface area contributed by atoms with Gasteiger partial charge in [0.05, 0.1) is 6.61 Å². The first kappa shape index (κ1) is 10.9. The summed E-state index contributed by atoms with van der Waals surface area (Å²) < 4.78 is 5.54. The number of aromatic carboxylic acids is 1. The van der Waals surface area contributed by atoms with Crippen molar-refractivity contribution in [3.63, 3.8) is 0 Å². The highest BCUT2D eigenvalue weighted by Gasteiger charge is 2.18. The number of ether oxygens (including phenoxy) is 1. The third-order valence-corrected chi connectivity index (χ3v) is 2.92. The standard InChI is InChI=1S/C12H15NO3/c14-12(15)11-10(6-3-7-13-11)16-8-9-4-1-2-5-9/h3,6-7,9H,1-2,4-5,8H2,(H,14,15). The molecule has 0 saturated heterocycles. The van der Waals surface area contributed by atoms with Gasteiger partial charge < -0.3 is 9.84 Å². The Morgan fingerprint density at radius 1 is 1.50 bits per heavy atom. The number of pyridine rings is 1. The fraction of sp³-hybridized carbons (Fsp3) is 0.500. The zero-order valence-electron chi connectivity index (χ0n) is 9.06. The second-order valence-electron chi connectivity index (χ2n) is 4.12. The number of hydrogen-bond donors (Lipinski definition) is 1. The minimum atomic E-state index is -1.04. The highest BCUT2D eigenvalue weighted by molar-refractivity contribution is 5.88. The quantitative estimate of drug-likeness (QED) is 0.847. The van der Waals surface area contributed by atoms with Gasteiger partial charge in [0, 0.05) is 6.20 Å². The van der Waals surface area contributed by atoms with E-state index in [0.29, 0.717) is 18.3 Å². The van der Waals surface area contributed by atoms with Crippen LogP contribution in [0.5, 0.6) is 5.75 Å². The Morgan fingerprint density at radius 2 is 2.25 bits per heavy atom. The number of nitrogens with zero attached hydrogens (tertiary/aromatic N) is 1. The lowest BCUT2D eigenvalue weighted by atomic mass is 10.1. The Bertz CT molecular complexity index is 372. The second-order valence-corrected chi connectivity index (χ2v) is 4.12. The summed E-state index contributed by atoms with van der Waals surface area (Å²) in [6.07, 6.45) is 6.34. The minimum Gasteiger partial charge on any atom is -0.491 e. The lowest BCUT2D eigenvalue weighted by molar-refractivity contribution is 0.0684. The van der Waals surface area contributed by atoms with Crippen LogP contribution in [0.15, 0.2) is 18.3 Å². The Morgan fingerprint density at radius 3 is 2.94 bits per heavy atom. The van der Waals surface area contributed by atoms with Crippen LogP contribution in [-0.4, -0.2) is 22.7 Å². The fourth-order valence-corrected chi connectivity index (χ4v) is 2.05. The highest BCUT2D eigenvalue weighted by Crippen LogP contribution is 2.26. The Hall–Kier alpha value is -1.58. The van der Waals surface area contributed by atoms with Crippen LogP contribution in [-0.2, 0) is 0 Å². The molecule has 0 atom stereocenters. The van der Waals surface area contributed by atoms with Crippen molar-refractivity contribution in [2.45, 2.75) is 25.7 Å². The number of carbonyl (C=O) groups is 1. The van der Waals surface area contributed by atoms with Gasteiger partial charge in [-0.2, -0.15) is 0 Å². The summed E-state index contributed by atoms with van der Waals surface area (Å²) in [5.41, 5.74) is 0.000460. The second kappa shape index (κ2) is 4.96. The Balaban J connectivity index is 2.00. The summed E-state index contributed by atoms with van der Waals surface area (Å²) in [6.45, 7) is 0.603. The average Bonchev–Trinajstić information content (AvgIpc) is 2.79. The van der Waals surface area contributed by atoms with E-state index in [1.54, 1.807) is 12.1 Å². The molecule has 1 heterocycles. The molecule has 4 nitrogen and oxygen atoms in total. The van der Waals surface area contributed by atoms with Gasteiger partial charge in [-0.1, -0.05) is 12.8 Å². The van der Waals surface area contributed by atoms with Crippen molar-refractivity contribution < 1.29 is 14.6 Å². The molecule has 0 unspecified atom stereocenters. The van der Waals surface area contributed by atoms with Gasteiger partial charge in [-0.25, -0.2) is 9.78 Å². The van der Waals surface area contributed by atoms with E-state index in [2.05, 4.69) is 4.98 Å². The summed E-state index contributed by atoms with van der Waals surface area (Å²) in [6, 6.07) is 3.35. The number of hydrogen-bond acceptors (Lipinski definition) is 3. The molecule has 0 bridgehead atoms. The monoisotopic (exact) mass is 221 g/mol. The Labute approximate surface area is 94.3 Å². The van der Waals surface area contributed by atoms with Gasteiger partial charge in [0.1, 0.15) is 0 Å². The molecule has 1 saturated carbocycles. The predicted molar refractivity (Wildman–Crippen MR) is 58.6 cm³/mol. The van der Waals surface area contributed by atoms with Crippen LogP contribution in [0.1, 0.15) is 36.2 Å². The lowest BCUT2D eigenvalue weighted by Crippen LogP contribution is -2.11. The van der Waals surface area contributed by atoms with E-state index in [1.807, 2.05) is 0 Å². The van der Waals surface area contributed by atoms with Gasteiger partial charge in [0.15, 0.2) is 11.4 Å². The van der Waals surface area contributed by atoms with Gasteiger partial charge in [-0.3, -0.25) is 0 Å². The van der Waals surface area contributed by atoms with E-state index in [4.69, 9.17) is 9.84 Å². The molecule has 1 aliphatic rings. The third kappa shape index (κ3) is 2.51. The highest BCUT2D eigenvalue weighted by atomic mass is 16.5. The summed E-state index contributed by atoms with van der Waals surface area (Å²) in [5.74, 6) is -0.0919. The smallest absolute Gasteiger partial charge is 0.358 e. The zero-order valence-corrected chi connectivity index (χ0v) is 9.06. The first-order valence-corrected chi connectivity index (χ1v) is 5.58. The van der Waals surface area contributed by atoms with Crippen LogP contribution in [0, 0.1) is 5.92 Å². The van der Waals surface area contributed by atoms with Gasteiger partial charge in [-0.15, -0.1) is 0 Å². The van der Waals surface area contributed by atoms with E-state index < -0.39 is 5.97 Å². The van der Waals surface area contributed by atoms with Crippen LogP contribution in [0.4, 0.5) is 0 Å². The fourth-order valence-electron chi connectivity index (χ4n) is 2.05. The molecule has 0 aromatic carbocycles. The lowest BCUT2D eigenvalue weighted by Gasteiger charge is -2.12. The molecule has 1 aromatic heterocycles. The molecular weight excluding hydrogens is 206 g/mol. The van der Waals surface area contributed by atoms with E-state index in [0.717, 1.165) is 0 Å². The van der Waals surface area contributed by atoms with Crippen molar-refractivity contribution in [3.05, 3.63) is 24.0 Å². The largest absolute Gasteiger partial charge is 0.491 e. The van der Waals surface area contributed by atoms with Crippen LogP contribution < -0.4 is 4.74 Å². The van der Waals surface area contributed by atoms with Crippen molar-refractivity contribution in [3.8, 4) is 5.75 Å². The van der Waals surface area contributed by atoms with Gasteiger partial charge in [0.2, 0.25) is 0 Å². The molecule has 86 valence electrons. The van der Waals surface area contributed by atoms with Crippen LogP contribution in [0.3, 0.4) is 0 Å². The topological polar surface area (TPSA) is 59.4 Å². The zero-order chi connectivity index (χ0) is 11.4. The molecule has 0 amide bonds. The summed E-state index contributed by atoms with van der Waals surface area (Å²) >= 11 is 0. The Kier molecular flexibility index (Phi) is 3.39. The number of carboxylic acid groups (broad SMARTS) is 1. The molecule has 1 aliphatic carbocycles. The third-order valence-electron chi connectivity index (χ3n) is 2.92. The van der Waals surface area contributed by atoms with E-state index >= 15 is 0 Å². The molecule has 1 N–H and O–H groups in total. The summed E-state index contributed by atoms with van der Waals surface area (Å²) in [4.78, 5) is 14.7. The number of rotatable bonds is 4. The number of carboxylic acids is 1. The molecule has 0 spiro atoms.